The van der Waals surface area contributed by atoms with Gasteiger partial charge in [-0.2, -0.15) is 0 Å². The fourth-order valence-corrected chi connectivity index (χ4v) is 3.07. The minimum atomic E-state index is 0.443. The van der Waals surface area contributed by atoms with E-state index in [1.165, 1.54) is 32.5 Å². The van der Waals surface area contributed by atoms with Crippen molar-refractivity contribution >= 4 is 28.2 Å². The molecule has 1 aromatic heterocycles. The summed E-state index contributed by atoms with van der Waals surface area (Å²) in [5.41, 5.74) is 2.08. The summed E-state index contributed by atoms with van der Waals surface area (Å²) in [4.78, 5) is 4.40. The minimum absolute atomic E-state index is 0.443. The maximum absolute atomic E-state index is 6.05. The van der Waals surface area contributed by atoms with Gasteiger partial charge in [-0.05, 0) is 57.9 Å². The van der Waals surface area contributed by atoms with Crippen LogP contribution in [0.1, 0.15) is 33.6 Å². The van der Waals surface area contributed by atoms with Crippen LogP contribution in [-0.2, 0) is 0 Å². The summed E-state index contributed by atoms with van der Waals surface area (Å²) in [5, 5.41) is 5.50. The molecule has 2 aromatic rings. The Kier molecular flexibility index (Phi) is 6.25. The van der Waals surface area contributed by atoms with Gasteiger partial charge in [-0.15, -0.1) is 0 Å². The first-order valence-corrected chi connectivity index (χ1v) is 8.99. The zero-order chi connectivity index (χ0) is 16.9. The number of hydrogen-bond donors (Lipinski definition) is 1. The molecule has 3 nitrogen and oxygen atoms in total. The van der Waals surface area contributed by atoms with Crippen LogP contribution in [0.5, 0.6) is 0 Å². The molecule has 4 heteroatoms. The van der Waals surface area contributed by atoms with Gasteiger partial charge in [0.25, 0.3) is 0 Å². The summed E-state index contributed by atoms with van der Waals surface area (Å²) in [5.74, 6) is 0. The van der Waals surface area contributed by atoms with Crippen LogP contribution < -0.4 is 5.32 Å². The Labute approximate surface area is 145 Å². The van der Waals surface area contributed by atoms with Gasteiger partial charge in [-0.25, -0.2) is 0 Å². The lowest BCUT2D eigenvalue weighted by molar-refractivity contribution is -0.906. The molecule has 23 heavy (non-hydrogen) atoms. The van der Waals surface area contributed by atoms with Crippen LogP contribution in [0.4, 0.5) is 5.69 Å². The average Bonchev–Trinajstić information content (AvgIpc) is 2.54. The third-order valence-corrected chi connectivity index (χ3v) is 5.20. The monoisotopic (exact) mass is 334 g/mol. The summed E-state index contributed by atoms with van der Waals surface area (Å²) in [6.45, 7) is 10.5. The van der Waals surface area contributed by atoms with Crippen LogP contribution in [0.15, 0.2) is 30.5 Å². The molecule has 0 amide bonds. The highest BCUT2D eigenvalue weighted by Crippen LogP contribution is 2.25. The van der Waals surface area contributed by atoms with Crippen LogP contribution in [0.25, 0.3) is 10.9 Å². The van der Waals surface area contributed by atoms with E-state index in [4.69, 9.17) is 11.6 Å². The van der Waals surface area contributed by atoms with Crippen molar-refractivity contribution in [2.45, 2.75) is 39.7 Å². The fraction of sp³-hybridized carbons (Fsp3) is 0.526. The highest BCUT2D eigenvalue weighted by Gasteiger charge is 2.16. The van der Waals surface area contributed by atoms with Gasteiger partial charge in [0, 0.05) is 28.3 Å². The van der Waals surface area contributed by atoms with Crippen LogP contribution >= 0.6 is 11.6 Å². The largest absolute Gasteiger partial charge is 0.382 e. The highest BCUT2D eigenvalue weighted by molar-refractivity contribution is 6.31. The van der Waals surface area contributed by atoms with Crippen LogP contribution in [0.3, 0.4) is 0 Å². The molecule has 126 valence electrons. The SMILES string of the molecule is CC[N+](C)(CC)CCCC(C)Nc1ccnc2cc(Cl)ccc12. The van der Waals surface area contributed by atoms with E-state index >= 15 is 0 Å². The van der Waals surface area contributed by atoms with Crippen LogP contribution in [0, 0.1) is 0 Å². The van der Waals surface area contributed by atoms with Gasteiger partial charge in [-0.3, -0.25) is 4.98 Å². The first-order valence-electron chi connectivity index (χ1n) is 8.62. The van der Waals surface area contributed by atoms with E-state index in [9.17, 15) is 0 Å². The van der Waals surface area contributed by atoms with Gasteiger partial charge in [0.1, 0.15) is 0 Å². The van der Waals surface area contributed by atoms with Gasteiger partial charge in [0.05, 0.1) is 32.2 Å². The number of pyridine rings is 1. The maximum atomic E-state index is 6.05. The number of fused-ring (bicyclic) bond motifs is 1. The summed E-state index contributed by atoms with van der Waals surface area (Å²) in [7, 11) is 2.35. The molecule has 1 atom stereocenters. The molecule has 0 aliphatic rings. The molecule has 0 saturated heterocycles. The van der Waals surface area contributed by atoms with E-state index in [0.29, 0.717) is 6.04 Å². The van der Waals surface area contributed by atoms with Gasteiger partial charge in [-0.1, -0.05) is 11.6 Å². The molecule has 0 fully saturated rings. The zero-order valence-corrected chi connectivity index (χ0v) is 15.5. The maximum Gasteiger partial charge on any atom is 0.0785 e. The predicted octanol–water partition coefficient (Wildman–Crippen LogP) is 4.96. The quantitative estimate of drug-likeness (QED) is 0.690. The smallest absolute Gasteiger partial charge is 0.0785 e. The molecule has 2 rings (SSSR count). The predicted molar refractivity (Wildman–Crippen MR) is 101 cm³/mol. The second-order valence-corrected chi connectivity index (χ2v) is 7.12. The van der Waals surface area contributed by atoms with Gasteiger partial charge in [0.2, 0.25) is 0 Å². The third-order valence-electron chi connectivity index (χ3n) is 4.97. The Bertz CT molecular complexity index is 638. The Morgan fingerprint density at radius 2 is 1.96 bits per heavy atom. The second kappa shape index (κ2) is 7.98. The number of nitrogens with zero attached hydrogens (tertiary/aromatic N) is 2. The number of anilines is 1. The van der Waals surface area contributed by atoms with Crippen molar-refractivity contribution in [3.63, 3.8) is 0 Å². The van der Waals surface area contributed by atoms with E-state index in [1.54, 1.807) is 0 Å². The van der Waals surface area contributed by atoms with Crippen molar-refractivity contribution in [2.75, 3.05) is 32.0 Å². The summed E-state index contributed by atoms with van der Waals surface area (Å²) in [6.07, 6.45) is 4.25. The number of quaternary nitrogens is 1. The van der Waals surface area contributed by atoms with E-state index in [0.717, 1.165) is 26.1 Å². The molecular weight excluding hydrogens is 306 g/mol. The van der Waals surface area contributed by atoms with E-state index in [2.05, 4.69) is 38.1 Å². The van der Waals surface area contributed by atoms with E-state index in [1.807, 2.05) is 30.5 Å². The lowest BCUT2D eigenvalue weighted by Crippen LogP contribution is -2.44. The van der Waals surface area contributed by atoms with E-state index in [-0.39, 0.29) is 0 Å². The molecule has 0 aliphatic carbocycles. The number of hydrogen-bond acceptors (Lipinski definition) is 2. The van der Waals surface area contributed by atoms with Gasteiger partial charge in [0.15, 0.2) is 0 Å². The lowest BCUT2D eigenvalue weighted by atomic mass is 10.1. The molecule has 0 aliphatic heterocycles. The Hall–Kier alpha value is -1.32. The van der Waals surface area contributed by atoms with E-state index < -0.39 is 0 Å². The minimum Gasteiger partial charge on any atom is -0.382 e. The van der Waals surface area contributed by atoms with Crippen molar-refractivity contribution in [3.05, 3.63) is 35.5 Å². The summed E-state index contributed by atoms with van der Waals surface area (Å²) >= 11 is 6.05. The third kappa shape index (κ3) is 4.82. The average molecular weight is 335 g/mol. The standard InChI is InChI=1S/C19H29ClN3/c1-5-23(4,6-2)13-7-8-15(3)22-18-11-12-21-19-14-16(20)9-10-17(18)19/h9-12,14-15H,5-8,13H2,1-4H3,(H,21,22)/q+1. The first kappa shape index (κ1) is 18.0. The highest BCUT2D eigenvalue weighted by atomic mass is 35.5. The van der Waals surface area contributed by atoms with Crippen molar-refractivity contribution in [1.29, 1.82) is 0 Å². The van der Waals surface area contributed by atoms with Crippen molar-refractivity contribution in [1.82, 2.24) is 4.98 Å². The molecule has 1 aromatic carbocycles. The number of rotatable bonds is 8. The lowest BCUT2D eigenvalue weighted by Gasteiger charge is -2.32. The van der Waals surface area contributed by atoms with Gasteiger partial charge < -0.3 is 9.80 Å². The van der Waals surface area contributed by atoms with Crippen molar-refractivity contribution in [2.24, 2.45) is 0 Å². The molecule has 0 spiro atoms. The normalized spacial score (nSPS) is 13.3. The molecule has 1 heterocycles. The Morgan fingerprint density at radius 1 is 1.22 bits per heavy atom. The Balaban J connectivity index is 1.97. The molecule has 0 radical (unpaired) electrons. The van der Waals surface area contributed by atoms with Gasteiger partial charge >= 0.3 is 0 Å². The number of halogens is 1. The Morgan fingerprint density at radius 3 is 2.65 bits per heavy atom. The molecule has 1 unspecified atom stereocenters. The molecular formula is C19H29ClN3+. The summed E-state index contributed by atoms with van der Waals surface area (Å²) in [6, 6.07) is 8.37. The van der Waals surface area contributed by atoms with Crippen LogP contribution in [-0.4, -0.2) is 42.2 Å². The summed E-state index contributed by atoms with van der Waals surface area (Å²) < 4.78 is 1.16. The molecule has 0 saturated carbocycles. The molecule has 0 bridgehead atoms. The first-order chi connectivity index (χ1) is 11.0. The number of benzene rings is 1. The van der Waals surface area contributed by atoms with Crippen molar-refractivity contribution in [3.8, 4) is 0 Å². The number of aromatic nitrogens is 1. The fourth-order valence-electron chi connectivity index (χ4n) is 2.90. The second-order valence-electron chi connectivity index (χ2n) is 6.68. The number of nitrogens with one attached hydrogen (secondary N) is 1. The topological polar surface area (TPSA) is 24.9 Å². The van der Waals surface area contributed by atoms with Crippen LogP contribution in [0.2, 0.25) is 5.02 Å². The molecule has 1 N–H and O–H groups in total. The van der Waals surface area contributed by atoms with Crippen molar-refractivity contribution < 1.29 is 4.48 Å². The zero-order valence-electron chi connectivity index (χ0n) is 14.8.